The minimum Gasteiger partial charge on any atom is -0.311 e. The van der Waals surface area contributed by atoms with E-state index < -0.39 is 0 Å². The quantitative estimate of drug-likeness (QED) is 0.163. The van der Waals surface area contributed by atoms with E-state index in [1.807, 2.05) is 0 Å². The third kappa shape index (κ3) is 6.51. The maximum absolute atomic E-state index is 2.72. The summed E-state index contributed by atoms with van der Waals surface area (Å²) >= 11 is 2.11. The van der Waals surface area contributed by atoms with Gasteiger partial charge in [0.05, 0.1) is 5.69 Å². The highest BCUT2D eigenvalue weighted by molar-refractivity contribution is 7.29. The second-order valence-electron chi connectivity index (χ2n) is 21.4. The summed E-state index contributed by atoms with van der Waals surface area (Å²) in [4.78, 5) is 6.85. The lowest BCUT2D eigenvalue weighted by atomic mass is 9.35. The van der Waals surface area contributed by atoms with E-state index in [0.29, 0.717) is 0 Å². The Bertz CT molecular complexity index is 2780. The lowest BCUT2D eigenvalue weighted by Crippen LogP contribution is -2.61. The first-order valence-corrected chi connectivity index (χ1v) is 23.2. The summed E-state index contributed by atoms with van der Waals surface area (Å²) in [5, 5.41) is 0. The van der Waals surface area contributed by atoms with Crippen molar-refractivity contribution in [1.82, 2.24) is 0 Å². The van der Waals surface area contributed by atoms with Gasteiger partial charge in [-0.25, -0.2) is 0 Å². The average molecular weight is 815 g/mol. The SMILES string of the molecule is Cc1cc2c3c(c1)N(c1cc(-c4ccccc4)cc(-c4ccccc4)c1)c1c(sc4c1C(C)(C)CCC4(C)C)B3c1cc(C(C)(C)C)ccc1N2c1ccc(C(C)(C)C)cc1. The van der Waals surface area contributed by atoms with E-state index in [-0.39, 0.29) is 28.4 Å². The summed E-state index contributed by atoms with van der Waals surface area (Å²) in [5.41, 5.74) is 21.0. The van der Waals surface area contributed by atoms with Crippen molar-refractivity contribution in [3.63, 3.8) is 0 Å². The van der Waals surface area contributed by atoms with E-state index in [1.165, 1.54) is 101 Å². The Kier molecular flexibility index (Phi) is 9.03. The first kappa shape index (κ1) is 39.8. The Labute approximate surface area is 369 Å². The Hall–Kier alpha value is -5.32. The molecule has 0 spiro atoms. The van der Waals surface area contributed by atoms with Gasteiger partial charge in [-0.2, -0.15) is 11.3 Å². The molecule has 10 rings (SSSR count). The smallest absolute Gasteiger partial charge is 0.264 e. The Morgan fingerprint density at radius 2 is 1.07 bits per heavy atom. The number of hydrogen-bond donors (Lipinski definition) is 0. The second-order valence-corrected chi connectivity index (χ2v) is 22.5. The largest absolute Gasteiger partial charge is 0.311 e. The van der Waals surface area contributed by atoms with Crippen LogP contribution in [-0.4, -0.2) is 6.71 Å². The highest BCUT2D eigenvalue weighted by Crippen LogP contribution is 2.56. The number of hydrogen-bond acceptors (Lipinski definition) is 3. The summed E-state index contributed by atoms with van der Waals surface area (Å²) in [6.07, 6.45) is 2.34. The van der Waals surface area contributed by atoms with Gasteiger partial charge in [-0.05, 0) is 145 Å². The van der Waals surface area contributed by atoms with Crippen LogP contribution < -0.4 is 25.5 Å². The third-order valence-electron chi connectivity index (χ3n) is 13.9. The van der Waals surface area contributed by atoms with Gasteiger partial charge in [-0.1, -0.05) is 154 Å². The monoisotopic (exact) mass is 814 g/mol. The molecule has 0 saturated carbocycles. The van der Waals surface area contributed by atoms with Crippen LogP contribution in [0.2, 0.25) is 0 Å². The molecule has 2 nitrogen and oxygen atoms in total. The predicted molar refractivity (Wildman–Crippen MR) is 267 cm³/mol. The van der Waals surface area contributed by atoms with Crippen LogP contribution in [0.15, 0.2) is 133 Å². The lowest BCUT2D eigenvalue weighted by Gasteiger charge is -2.45. The predicted octanol–water partition coefficient (Wildman–Crippen LogP) is 14.4. The highest BCUT2D eigenvalue weighted by Gasteiger charge is 2.51. The van der Waals surface area contributed by atoms with Crippen LogP contribution in [0.1, 0.15) is 109 Å². The molecule has 3 aliphatic rings. The van der Waals surface area contributed by atoms with Gasteiger partial charge in [-0.15, -0.1) is 0 Å². The number of thiophene rings is 1. The van der Waals surface area contributed by atoms with Crippen LogP contribution in [0, 0.1) is 6.92 Å². The molecule has 0 N–H and O–H groups in total. The summed E-state index contributed by atoms with van der Waals surface area (Å²) in [7, 11) is 0. The average Bonchev–Trinajstić information content (AvgIpc) is 3.65. The number of nitrogens with zero attached hydrogens (tertiary/aromatic N) is 2. The van der Waals surface area contributed by atoms with Gasteiger partial charge in [0.2, 0.25) is 0 Å². The molecule has 0 atom stereocenters. The van der Waals surface area contributed by atoms with Crippen molar-refractivity contribution >= 4 is 67.9 Å². The van der Waals surface area contributed by atoms with E-state index in [1.54, 1.807) is 4.88 Å². The van der Waals surface area contributed by atoms with Gasteiger partial charge in [0.15, 0.2) is 0 Å². The first-order valence-electron chi connectivity index (χ1n) is 22.3. The summed E-state index contributed by atoms with van der Waals surface area (Å²) in [5.74, 6) is 0. The molecule has 0 amide bonds. The van der Waals surface area contributed by atoms with Crippen molar-refractivity contribution in [2.75, 3.05) is 9.80 Å². The van der Waals surface area contributed by atoms with Crippen molar-refractivity contribution < 1.29 is 0 Å². The zero-order chi connectivity index (χ0) is 42.8. The number of anilines is 6. The molecule has 0 unspecified atom stereocenters. The topological polar surface area (TPSA) is 6.48 Å². The van der Waals surface area contributed by atoms with E-state index in [0.717, 1.165) is 6.42 Å². The molecule has 1 aromatic heterocycles. The van der Waals surface area contributed by atoms with Crippen molar-refractivity contribution in [1.29, 1.82) is 0 Å². The van der Waals surface area contributed by atoms with E-state index >= 15 is 0 Å². The fourth-order valence-electron chi connectivity index (χ4n) is 10.4. The van der Waals surface area contributed by atoms with Crippen LogP contribution in [0.25, 0.3) is 22.3 Å². The van der Waals surface area contributed by atoms with E-state index in [4.69, 9.17) is 0 Å². The van der Waals surface area contributed by atoms with Crippen molar-refractivity contribution in [3.05, 3.63) is 161 Å². The van der Waals surface area contributed by atoms with E-state index in [9.17, 15) is 0 Å². The molecule has 4 heteroatoms. The van der Waals surface area contributed by atoms with Crippen molar-refractivity contribution in [2.24, 2.45) is 0 Å². The summed E-state index contributed by atoms with van der Waals surface area (Å²) in [6.45, 7) is 26.4. The van der Waals surface area contributed by atoms with Crippen molar-refractivity contribution in [3.8, 4) is 22.3 Å². The second kappa shape index (κ2) is 13.8. The summed E-state index contributed by atoms with van der Waals surface area (Å²) in [6, 6.07) is 51.0. The number of aryl methyl sites for hydroxylation is 1. The van der Waals surface area contributed by atoms with Crippen LogP contribution in [0.5, 0.6) is 0 Å². The Morgan fingerprint density at radius 1 is 0.525 bits per heavy atom. The van der Waals surface area contributed by atoms with E-state index in [2.05, 4.69) is 231 Å². The standard InChI is InChI=1S/C57H59BN2S/c1-36-30-47-50-48(31-36)60(44-33-39(37-18-14-12-15-19-37)32-40(34-44)38-20-16-13-17-21-38)51-49-52(57(10,11)29-28-56(49,8)9)61-53(51)58(50)45-35-42(55(5,6)7)24-27-46(45)59(47)43-25-22-41(23-26-43)54(2,3)4/h12-27,30-35H,28-29H2,1-11H3. The molecule has 0 saturated heterocycles. The minimum atomic E-state index is -0.00147. The Morgan fingerprint density at radius 3 is 1.64 bits per heavy atom. The molecule has 61 heavy (non-hydrogen) atoms. The molecule has 7 aromatic rings. The van der Waals surface area contributed by atoms with Gasteiger partial charge in [0.1, 0.15) is 0 Å². The third-order valence-corrected chi connectivity index (χ3v) is 15.5. The van der Waals surface area contributed by atoms with Gasteiger partial charge < -0.3 is 9.80 Å². The molecule has 306 valence electrons. The molecule has 6 aromatic carbocycles. The lowest BCUT2D eigenvalue weighted by molar-refractivity contribution is 0.339. The maximum Gasteiger partial charge on any atom is 0.264 e. The van der Waals surface area contributed by atoms with Crippen LogP contribution in [0.4, 0.5) is 34.1 Å². The first-order chi connectivity index (χ1) is 28.9. The fourth-order valence-corrected chi connectivity index (χ4v) is 12.1. The number of fused-ring (bicyclic) bond motifs is 6. The highest BCUT2D eigenvalue weighted by atomic mass is 32.1. The number of benzene rings is 6. The van der Waals surface area contributed by atoms with Gasteiger partial charge in [0.25, 0.3) is 6.71 Å². The molecular formula is C57H59BN2S. The molecule has 0 bridgehead atoms. The van der Waals surface area contributed by atoms with Crippen LogP contribution in [-0.2, 0) is 21.7 Å². The Balaban J connectivity index is 1.33. The zero-order valence-corrected chi connectivity index (χ0v) is 38.8. The molecule has 2 aliphatic heterocycles. The molecule has 1 aliphatic carbocycles. The normalized spacial score (nSPS) is 16.1. The molecule has 3 heterocycles. The summed E-state index contributed by atoms with van der Waals surface area (Å²) < 4.78 is 1.48. The van der Waals surface area contributed by atoms with Crippen LogP contribution >= 0.6 is 11.3 Å². The van der Waals surface area contributed by atoms with Crippen molar-refractivity contribution in [2.45, 2.75) is 111 Å². The fraction of sp³-hybridized carbons (Fsp3) is 0.298. The number of rotatable bonds is 4. The maximum atomic E-state index is 2.72. The molecular weight excluding hydrogens is 756 g/mol. The van der Waals surface area contributed by atoms with Gasteiger partial charge >= 0.3 is 0 Å². The molecule has 0 radical (unpaired) electrons. The van der Waals surface area contributed by atoms with Crippen LogP contribution in [0.3, 0.4) is 0 Å². The minimum absolute atomic E-state index is 0.00147. The van der Waals surface area contributed by atoms with Gasteiger partial charge in [-0.3, -0.25) is 0 Å². The zero-order valence-electron chi connectivity index (χ0n) is 38.0. The van der Waals surface area contributed by atoms with Gasteiger partial charge in [0, 0.05) is 38.1 Å². The molecule has 0 fully saturated rings.